The van der Waals surface area contributed by atoms with Gasteiger partial charge in [0.2, 0.25) is 0 Å². The number of nitrogens with zero attached hydrogens (tertiary/aromatic N) is 2. The molecule has 0 radical (unpaired) electrons. The molecule has 0 spiro atoms. The number of fused-ring (bicyclic) bond motifs is 10. The van der Waals surface area contributed by atoms with Gasteiger partial charge in [0, 0.05) is 21.6 Å². The summed E-state index contributed by atoms with van der Waals surface area (Å²) in [5.41, 5.74) is 8.84. The molecule has 1 aromatic rings. The van der Waals surface area contributed by atoms with Crippen molar-refractivity contribution in [1.82, 2.24) is 0 Å². The molecule has 0 aliphatic heterocycles. The first-order chi connectivity index (χ1) is 36.0. The van der Waals surface area contributed by atoms with Gasteiger partial charge < -0.3 is 42.9 Å². The van der Waals surface area contributed by atoms with Gasteiger partial charge in [-0.25, -0.2) is 0 Å². The fraction of sp³-hybridized carbons (Fsp3) is 0.857. The molecule has 0 saturated heterocycles. The summed E-state index contributed by atoms with van der Waals surface area (Å²) in [6, 6.07) is 9.79. The number of halogens is 2. The second-order valence-electron chi connectivity index (χ2n) is 31.6. The maximum absolute atomic E-state index is 2.82. The van der Waals surface area contributed by atoms with E-state index in [9.17, 15) is 0 Å². The lowest BCUT2D eigenvalue weighted by molar-refractivity contribution is -0.901. The molecule has 0 amide bonds. The first-order valence-electron chi connectivity index (χ1n) is 32.7. The van der Waals surface area contributed by atoms with Crippen molar-refractivity contribution in [2.24, 2.45) is 92.7 Å². The van der Waals surface area contributed by atoms with E-state index in [1.165, 1.54) is 177 Å². The molecular weight excluding hydrogens is 1160 g/mol. The van der Waals surface area contributed by atoms with Gasteiger partial charge in [-0.1, -0.05) is 199 Å². The number of benzene rings is 1. The van der Waals surface area contributed by atoms with Gasteiger partial charge in [0.15, 0.2) is 0 Å². The average Bonchev–Trinajstić information content (AvgIpc) is 4.05. The zero-order valence-electron chi connectivity index (χ0n) is 52.6. The Labute approximate surface area is 520 Å². The Bertz CT molecular complexity index is 1970. The highest BCUT2D eigenvalue weighted by Gasteiger charge is 2.61. The zero-order chi connectivity index (χ0) is 54.3. The van der Waals surface area contributed by atoms with Crippen LogP contribution in [0.5, 0.6) is 0 Å². The molecule has 6 fully saturated rings. The smallest absolute Gasteiger partial charge is 0.104 e. The van der Waals surface area contributed by atoms with Crippen LogP contribution in [0.2, 0.25) is 0 Å². The fourth-order valence-corrected chi connectivity index (χ4v) is 26.0. The minimum absolute atomic E-state index is 0. The van der Waals surface area contributed by atoms with E-state index >= 15 is 0 Å². The van der Waals surface area contributed by atoms with E-state index < -0.39 is 0 Å². The predicted octanol–water partition coefficient (Wildman–Crippen LogP) is 14.4. The van der Waals surface area contributed by atoms with E-state index in [2.05, 4.69) is 177 Å². The molecule has 446 valence electrons. The standard InChI is InChI=1S/C70H118N2S4.2BrH/c1-49(2)17-15-19-51(5)61-29-31-63-59-27-25-55-45-57(33-37-67(55,7)65(59)35-39-69(61,63)9)75-73-43-41-71(11,12)47-53-21-23-54(24-22-53)48-72(13,14)42-44-74-76-58-34-38-68(8)56(46-58)26-28-60-64-32-30-62(52(6)20-16-18-50(3)4)70(64,10)40-36-66(60)68;;/h21-26,49-52,57-66H,15-20,27-48H2,1-14H3;2*1H/q+2;;/p-2/t51-,52-,57+,58+,59+,60+,61-,62-,63+,64+,65+,66+,67+,68+,69-,70-;;/m1../s1. The van der Waals surface area contributed by atoms with E-state index in [1.807, 2.05) is 11.1 Å². The van der Waals surface area contributed by atoms with E-state index in [0.29, 0.717) is 21.7 Å². The lowest BCUT2D eigenvalue weighted by Crippen LogP contribution is -3.00. The van der Waals surface area contributed by atoms with Crippen molar-refractivity contribution in [3.8, 4) is 0 Å². The van der Waals surface area contributed by atoms with Gasteiger partial charge in [0.05, 0.1) is 52.8 Å². The van der Waals surface area contributed by atoms with Crippen LogP contribution in [0.1, 0.15) is 222 Å². The number of quaternary nitrogens is 2. The summed E-state index contributed by atoms with van der Waals surface area (Å²) in [6.07, 6.45) is 37.5. The molecule has 0 aromatic heterocycles. The maximum Gasteiger partial charge on any atom is 0.104 e. The van der Waals surface area contributed by atoms with Crippen molar-refractivity contribution < 1.29 is 42.9 Å². The van der Waals surface area contributed by atoms with Crippen LogP contribution < -0.4 is 34.0 Å². The molecule has 8 heteroatoms. The summed E-state index contributed by atoms with van der Waals surface area (Å²) in [4.78, 5) is 0. The van der Waals surface area contributed by atoms with Crippen molar-refractivity contribution in [3.05, 3.63) is 58.7 Å². The molecule has 0 heterocycles. The summed E-state index contributed by atoms with van der Waals surface area (Å²) in [6.45, 7) is 30.6. The van der Waals surface area contributed by atoms with Crippen LogP contribution in [-0.4, -0.2) is 72.3 Å². The van der Waals surface area contributed by atoms with Crippen LogP contribution in [-0.2, 0) is 13.1 Å². The van der Waals surface area contributed by atoms with Crippen LogP contribution in [0, 0.1) is 92.7 Å². The quantitative estimate of drug-likeness (QED) is 0.0438. The molecule has 1 aromatic carbocycles. The Morgan fingerprint density at radius 2 is 0.872 bits per heavy atom. The molecule has 2 nitrogen and oxygen atoms in total. The highest BCUT2D eigenvalue weighted by molar-refractivity contribution is 8.77. The van der Waals surface area contributed by atoms with E-state index in [1.54, 1.807) is 0 Å². The van der Waals surface area contributed by atoms with Gasteiger partial charge in [-0.15, -0.1) is 0 Å². The monoisotopic (exact) mass is 1270 g/mol. The largest absolute Gasteiger partial charge is 1.00 e. The third kappa shape index (κ3) is 14.9. The van der Waals surface area contributed by atoms with Crippen LogP contribution >= 0.6 is 43.2 Å². The van der Waals surface area contributed by atoms with Crippen molar-refractivity contribution in [2.75, 3.05) is 52.8 Å². The second kappa shape index (κ2) is 27.8. The molecule has 9 rings (SSSR count). The average molecular weight is 1280 g/mol. The highest BCUT2D eigenvalue weighted by atomic mass is 79.9. The number of hydrogen-bond donors (Lipinski definition) is 0. The summed E-state index contributed by atoms with van der Waals surface area (Å²) in [5.74, 6) is 13.6. The van der Waals surface area contributed by atoms with Gasteiger partial charge in [-0.3, -0.25) is 0 Å². The molecule has 6 saturated carbocycles. The summed E-state index contributed by atoms with van der Waals surface area (Å²) < 4.78 is 2.13. The minimum atomic E-state index is 0. The summed E-state index contributed by atoms with van der Waals surface area (Å²) in [5, 5.41) is 1.59. The van der Waals surface area contributed by atoms with Gasteiger partial charge in [-0.2, -0.15) is 0 Å². The Kier molecular flexibility index (Phi) is 23.7. The molecule has 0 bridgehead atoms. The SMILES string of the molecule is CC(C)CCC[C@@H](C)[C@H]1CC[C@H]2[C@@H]3CC=C4C[C@@H](SSCC[N+](C)(C)Cc5ccc(C[N+](C)(C)CCSS[C@H]6CC[C@@]7(C)C(=CC[C@H]8[C@@H]9CC[C@H]([C@H](C)CCCC(C)C)[C@@]9(C)CC[C@@H]87)C6)cc5)CC[C@]4(C)[C@H]3CC[C@]12C.[Br-].[Br-]. The highest BCUT2D eigenvalue weighted by Crippen LogP contribution is 2.70. The molecule has 16 atom stereocenters. The van der Waals surface area contributed by atoms with Crippen LogP contribution in [0.15, 0.2) is 47.6 Å². The van der Waals surface area contributed by atoms with E-state index in [-0.39, 0.29) is 34.0 Å². The van der Waals surface area contributed by atoms with E-state index in [4.69, 9.17) is 0 Å². The number of allylic oxidation sites excluding steroid dienone is 4. The predicted molar refractivity (Wildman–Crippen MR) is 342 cm³/mol. The Morgan fingerprint density at radius 3 is 1.24 bits per heavy atom. The summed E-state index contributed by atoms with van der Waals surface area (Å²) in [7, 11) is 18.7. The number of rotatable bonds is 24. The van der Waals surface area contributed by atoms with Gasteiger partial charge >= 0.3 is 0 Å². The van der Waals surface area contributed by atoms with E-state index in [0.717, 1.165) is 104 Å². The van der Waals surface area contributed by atoms with Gasteiger partial charge in [0.25, 0.3) is 0 Å². The third-order valence-corrected chi connectivity index (χ3v) is 30.5. The molecule has 78 heavy (non-hydrogen) atoms. The minimum Gasteiger partial charge on any atom is -1.00 e. The van der Waals surface area contributed by atoms with Crippen LogP contribution in [0.3, 0.4) is 0 Å². The Morgan fingerprint density at radius 1 is 0.487 bits per heavy atom. The van der Waals surface area contributed by atoms with Crippen molar-refractivity contribution in [2.45, 2.75) is 234 Å². The zero-order valence-corrected chi connectivity index (χ0v) is 59.1. The number of hydrogen-bond acceptors (Lipinski definition) is 4. The maximum atomic E-state index is 2.82. The molecule has 0 unspecified atom stereocenters. The van der Waals surface area contributed by atoms with Crippen LogP contribution in [0.25, 0.3) is 0 Å². The van der Waals surface area contributed by atoms with Crippen molar-refractivity contribution in [1.29, 1.82) is 0 Å². The first kappa shape index (κ1) is 66.5. The van der Waals surface area contributed by atoms with Gasteiger partial charge in [0.1, 0.15) is 13.1 Å². The second-order valence-corrected chi connectivity index (χ2v) is 37.2. The molecule has 0 N–H and O–H groups in total. The molecule has 8 aliphatic rings. The third-order valence-electron chi connectivity index (χ3n) is 24.7. The van der Waals surface area contributed by atoms with Gasteiger partial charge in [-0.05, 0) is 195 Å². The normalized spacial score (nSPS) is 37.1. The Hall–Kier alpha value is 0.980. The first-order valence-corrected chi connectivity index (χ1v) is 37.5. The van der Waals surface area contributed by atoms with Crippen LogP contribution in [0.4, 0.5) is 0 Å². The lowest BCUT2D eigenvalue weighted by Gasteiger charge is -2.58. The molecular formula is C70H118Br2N2S4. The topological polar surface area (TPSA) is 0 Å². The fourth-order valence-electron chi connectivity index (χ4n) is 20.2. The lowest BCUT2D eigenvalue weighted by atomic mass is 9.47. The summed E-state index contributed by atoms with van der Waals surface area (Å²) >= 11 is 0. The van der Waals surface area contributed by atoms with Crippen molar-refractivity contribution in [3.63, 3.8) is 0 Å². The molecule has 8 aliphatic carbocycles. The Balaban J connectivity index is 0.00000441. The van der Waals surface area contributed by atoms with Crippen molar-refractivity contribution >= 4 is 43.2 Å².